The topological polar surface area (TPSA) is 87.8 Å². The van der Waals surface area contributed by atoms with E-state index in [1.54, 1.807) is 0 Å². The van der Waals surface area contributed by atoms with Crippen molar-refractivity contribution in [1.29, 1.82) is 0 Å². The van der Waals surface area contributed by atoms with Crippen molar-refractivity contribution in [1.82, 2.24) is 0 Å². The lowest BCUT2D eigenvalue weighted by atomic mass is 9.68. The van der Waals surface area contributed by atoms with Gasteiger partial charge in [-0.15, -0.1) is 0 Å². The summed E-state index contributed by atoms with van der Waals surface area (Å²) in [5.41, 5.74) is 3.74. The molecule has 2 N–H and O–H groups in total. The van der Waals surface area contributed by atoms with E-state index in [2.05, 4.69) is 27.0 Å². The number of hydrogen-bond acceptors (Lipinski definition) is 6. The zero-order chi connectivity index (χ0) is 26.1. The molecule has 0 aliphatic carbocycles. The minimum atomic E-state index is -0.901. The van der Waals surface area contributed by atoms with Crippen molar-refractivity contribution < 1.29 is 23.8 Å². The highest BCUT2D eigenvalue weighted by Crippen LogP contribution is 2.43. The van der Waals surface area contributed by atoms with Crippen LogP contribution in [0.3, 0.4) is 0 Å². The van der Waals surface area contributed by atoms with E-state index in [1.807, 2.05) is 48.5 Å². The number of hydrogen-bond donors (Lipinski definition) is 1. The Labute approximate surface area is 202 Å². The van der Waals surface area contributed by atoms with Gasteiger partial charge in [-0.25, -0.2) is 4.79 Å². The number of ketones is 1. The molecule has 0 amide bonds. The van der Waals surface area contributed by atoms with E-state index in [1.165, 1.54) is 12.2 Å². The van der Waals surface area contributed by atoms with Gasteiger partial charge in [-0.05, 0) is 64.9 Å². The normalized spacial score (nSPS) is 20.8. The van der Waals surface area contributed by atoms with Crippen LogP contribution >= 0.6 is 0 Å². The second kappa shape index (κ2) is 12.8. The van der Waals surface area contributed by atoms with Crippen LogP contribution in [0.2, 0.25) is 0 Å². The molecule has 0 heterocycles. The van der Waals surface area contributed by atoms with E-state index >= 15 is 0 Å². The van der Waals surface area contributed by atoms with E-state index in [4.69, 9.17) is 19.9 Å². The molecule has 0 aromatic rings. The van der Waals surface area contributed by atoms with Crippen molar-refractivity contribution in [3.05, 3.63) is 25.3 Å². The van der Waals surface area contributed by atoms with Crippen LogP contribution in [-0.2, 0) is 23.8 Å². The van der Waals surface area contributed by atoms with Gasteiger partial charge in [-0.2, -0.15) is 0 Å². The smallest absolute Gasteiger partial charge is 0.330 e. The van der Waals surface area contributed by atoms with Crippen molar-refractivity contribution in [3.63, 3.8) is 0 Å². The highest BCUT2D eigenvalue weighted by Gasteiger charge is 2.46. The second-order valence-electron chi connectivity index (χ2n) is 10.1. The molecule has 6 unspecified atom stereocenters. The summed E-state index contributed by atoms with van der Waals surface area (Å²) in [6.45, 7) is 25.8. The maximum Gasteiger partial charge on any atom is 0.330 e. The Balaban J connectivity index is 5.60. The lowest BCUT2D eigenvalue weighted by molar-refractivity contribution is -0.178. The summed E-state index contributed by atoms with van der Waals surface area (Å²) in [6, 6.07) is 0. The molecule has 0 spiro atoms. The molecule has 0 aliphatic rings. The van der Waals surface area contributed by atoms with E-state index in [0.717, 1.165) is 6.42 Å². The predicted octanol–water partition coefficient (Wildman–Crippen LogP) is 5.39. The molecule has 0 saturated heterocycles. The molecule has 0 aromatic heterocycles. The highest BCUT2D eigenvalue weighted by atomic mass is 16.6. The van der Waals surface area contributed by atoms with Gasteiger partial charge >= 0.3 is 5.97 Å². The fourth-order valence-corrected chi connectivity index (χ4v) is 4.14. The van der Waals surface area contributed by atoms with Gasteiger partial charge in [0.25, 0.3) is 0 Å². The largest absolute Gasteiger partial charge is 0.456 e. The van der Waals surface area contributed by atoms with Crippen molar-refractivity contribution in [3.8, 4) is 0 Å². The van der Waals surface area contributed by atoms with E-state index in [9.17, 15) is 9.59 Å². The number of esters is 1. The minimum Gasteiger partial charge on any atom is -0.456 e. The first-order chi connectivity index (χ1) is 15.2. The van der Waals surface area contributed by atoms with Crippen LogP contribution in [0.25, 0.3) is 0 Å². The van der Waals surface area contributed by atoms with Crippen molar-refractivity contribution in [2.24, 2.45) is 17.1 Å². The fraction of sp³-hybridized carbons (Fsp3) is 0.778. The quantitative estimate of drug-likeness (QED) is 0.228. The zero-order valence-electron chi connectivity index (χ0n) is 22.6. The number of nitrogens with two attached hydrogens (primary N) is 1. The zero-order valence-corrected chi connectivity index (χ0v) is 22.6. The van der Waals surface area contributed by atoms with Gasteiger partial charge in [-0.3, -0.25) is 4.79 Å². The van der Waals surface area contributed by atoms with Crippen molar-refractivity contribution in [2.75, 3.05) is 13.2 Å². The summed E-state index contributed by atoms with van der Waals surface area (Å²) >= 11 is 0. The Kier molecular flexibility index (Phi) is 12.2. The second-order valence-corrected chi connectivity index (χ2v) is 10.1. The third-order valence-corrected chi connectivity index (χ3v) is 7.92. The monoisotopic (exact) mass is 467 g/mol. The Hall–Kier alpha value is -1.50. The summed E-state index contributed by atoms with van der Waals surface area (Å²) in [7, 11) is 0. The minimum absolute atomic E-state index is 0.0550. The summed E-state index contributed by atoms with van der Waals surface area (Å²) in [6.07, 6.45) is 5.02. The number of carbonyl (C=O) groups excluding carboxylic acids is 2. The molecule has 6 nitrogen and oxygen atoms in total. The summed E-state index contributed by atoms with van der Waals surface area (Å²) < 4.78 is 18.4. The van der Waals surface area contributed by atoms with Crippen LogP contribution in [-0.4, -0.2) is 47.8 Å². The Morgan fingerprint density at radius 2 is 1.55 bits per heavy atom. The van der Waals surface area contributed by atoms with Crippen LogP contribution in [0.4, 0.5) is 0 Å². The van der Waals surface area contributed by atoms with Crippen LogP contribution in [0.1, 0.15) is 88.0 Å². The molecule has 0 bridgehead atoms. The summed E-state index contributed by atoms with van der Waals surface area (Å²) in [5.74, 6) is -0.611. The molecule has 0 saturated carbocycles. The highest BCUT2D eigenvalue weighted by molar-refractivity contribution is 5.96. The average Bonchev–Trinajstić information content (AvgIpc) is 2.80. The third-order valence-electron chi connectivity index (χ3n) is 7.92. The summed E-state index contributed by atoms with van der Waals surface area (Å²) in [4.78, 5) is 24.2. The van der Waals surface area contributed by atoms with Gasteiger partial charge < -0.3 is 19.9 Å². The van der Waals surface area contributed by atoms with Gasteiger partial charge in [0, 0.05) is 18.5 Å². The maximum absolute atomic E-state index is 12.4. The number of rotatable bonds is 17. The standard InChI is InChI=1S/C27H49NO5/c1-12-22(29)26(10,16-5)32-21(7)17-24(8,14-3)27(11,19-28)31-18-20(6)25(9,15-4)33-23(30)13-2/h12-13,20-21H,1-2,14-19,28H2,3-11H3. The molecule has 6 atom stereocenters. The van der Waals surface area contributed by atoms with Crippen molar-refractivity contribution in [2.45, 2.75) is 111 Å². The Morgan fingerprint density at radius 3 is 1.94 bits per heavy atom. The van der Waals surface area contributed by atoms with E-state index in [0.29, 0.717) is 32.4 Å². The first-order valence-electron chi connectivity index (χ1n) is 12.2. The molecule has 33 heavy (non-hydrogen) atoms. The lowest BCUT2D eigenvalue weighted by Crippen LogP contribution is -2.54. The van der Waals surface area contributed by atoms with E-state index < -0.39 is 22.8 Å². The lowest BCUT2D eigenvalue weighted by Gasteiger charge is -2.48. The fourth-order valence-electron chi connectivity index (χ4n) is 4.14. The van der Waals surface area contributed by atoms with Gasteiger partial charge in [0.2, 0.25) is 0 Å². The molecule has 6 heteroatoms. The Bertz CT molecular complexity index is 679. The molecular weight excluding hydrogens is 418 g/mol. The number of ether oxygens (including phenoxy) is 3. The molecule has 0 radical (unpaired) electrons. The molecule has 192 valence electrons. The molecule has 0 rings (SSSR count). The van der Waals surface area contributed by atoms with E-state index in [-0.39, 0.29) is 23.2 Å². The molecule has 0 aliphatic heterocycles. The van der Waals surface area contributed by atoms with Crippen LogP contribution < -0.4 is 5.73 Å². The van der Waals surface area contributed by atoms with Crippen LogP contribution in [0, 0.1) is 11.3 Å². The predicted molar refractivity (Wildman–Crippen MR) is 135 cm³/mol. The van der Waals surface area contributed by atoms with Crippen LogP contribution in [0.15, 0.2) is 25.3 Å². The average molecular weight is 468 g/mol. The molecule has 0 fully saturated rings. The molecule has 0 aromatic carbocycles. The first kappa shape index (κ1) is 31.5. The maximum atomic E-state index is 12.4. The Morgan fingerprint density at radius 1 is 0.970 bits per heavy atom. The number of carbonyl (C=O) groups is 2. The van der Waals surface area contributed by atoms with Crippen LogP contribution in [0.5, 0.6) is 0 Å². The summed E-state index contributed by atoms with van der Waals surface area (Å²) in [5, 5.41) is 0. The van der Waals surface area contributed by atoms with Gasteiger partial charge in [0.15, 0.2) is 5.78 Å². The van der Waals surface area contributed by atoms with Crippen molar-refractivity contribution >= 4 is 11.8 Å². The van der Waals surface area contributed by atoms with Gasteiger partial charge in [-0.1, -0.05) is 47.8 Å². The first-order valence-corrected chi connectivity index (χ1v) is 12.2. The molecular formula is C27H49NO5. The SMILES string of the molecule is C=CC(=O)OC(C)(CC)C(C)COC(C)(CN)C(C)(CC)CC(C)OC(C)(CC)C(=O)C=C. The third kappa shape index (κ3) is 7.76. The van der Waals surface area contributed by atoms with Gasteiger partial charge in [0.1, 0.15) is 11.2 Å². The van der Waals surface area contributed by atoms with Gasteiger partial charge in [0.05, 0.1) is 18.3 Å².